The molecule has 1 saturated heterocycles. The highest BCUT2D eigenvalue weighted by Crippen LogP contribution is 2.42. The van der Waals surface area contributed by atoms with Gasteiger partial charge in [-0.3, -0.25) is 9.59 Å². The minimum absolute atomic E-state index is 0.00111. The van der Waals surface area contributed by atoms with Crippen LogP contribution in [0.15, 0.2) is 120 Å². The minimum atomic E-state index is -1.27. The Hall–Kier alpha value is -5.32. The van der Waals surface area contributed by atoms with Crippen molar-refractivity contribution >= 4 is 35.0 Å². The molecule has 5 aliphatic heterocycles. The molecule has 0 amide bonds. The summed E-state index contributed by atoms with van der Waals surface area (Å²) in [5, 5.41) is 43.5. The van der Waals surface area contributed by atoms with E-state index in [1.807, 2.05) is 26.8 Å². The van der Waals surface area contributed by atoms with Crippen molar-refractivity contribution in [2.24, 2.45) is 26.8 Å². The summed E-state index contributed by atoms with van der Waals surface area (Å²) in [4.78, 5) is 50.9. The molecular formula is C34H34N4O7. The Kier molecular flexibility index (Phi) is 8.29. The SMILES string of the molecule is C=CC1=C(C)C2=NC1=CC1=NC(=C(CC)/C1=C\O)C=C1N=C(C(CC(=O)O)=C3NC(=C2)C(C)C3CCC(=O)O)C(C(=O)O)=C1C. The lowest BCUT2D eigenvalue weighted by molar-refractivity contribution is -0.138. The van der Waals surface area contributed by atoms with Crippen LogP contribution >= 0.6 is 0 Å². The van der Waals surface area contributed by atoms with E-state index in [9.17, 15) is 34.8 Å². The Morgan fingerprint density at radius 2 is 1.69 bits per heavy atom. The predicted octanol–water partition coefficient (Wildman–Crippen LogP) is 5.47. The number of carbonyl (C=O) groups is 3. The van der Waals surface area contributed by atoms with Crippen LogP contribution in [0.25, 0.3) is 0 Å². The summed E-state index contributed by atoms with van der Waals surface area (Å²) in [7, 11) is 0. The van der Waals surface area contributed by atoms with E-state index in [4.69, 9.17) is 15.0 Å². The van der Waals surface area contributed by atoms with Gasteiger partial charge in [0.2, 0.25) is 0 Å². The number of nitrogens with one attached hydrogen (secondary N) is 1. The van der Waals surface area contributed by atoms with Gasteiger partial charge in [-0.05, 0) is 61.6 Å². The maximum Gasteiger partial charge on any atom is 0.338 e. The molecule has 0 aromatic rings. The number of carboxylic acids is 3. The summed E-state index contributed by atoms with van der Waals surface area (Å²) in [6.07, 6.45) is 7.92. The third-order valence-electron chi connectivity index (χ3n) is 8.78. The molecule has 2 unspecified atom stereocenters. The maximum atomic E-state index is 12.7. The standard InChI is InChI=1S/C34H34N4O7/c1-6-18-15(3)23-11-24-16(4)20(8-9-29(40)41)32(37-24)21(10-30(42)43)33-31(34(44)45)17(5)25(38-33)12-27-19(7-2)22(14-39)28(36-27)13-26(18)35-23/h6,11-14,16,20,37,39H,1,7-10H2,2-5H3,(H,40,41)(H,42,43)(H,44,45)/b22-14+,24-11?,25-12?,26-13?,32-21?. The number of aliphatic imine (C=N–C) groups is 3. The van der Waals surface area contributed by atoms with E-state index < -0.39 is 30.2 Å². The monoisotopic (exact) mass is 610 g/mol. The molecule has 8 bridgehead atoms. The van der Waals surface area contributed by atoms with E-state index >= 15 is 0 Å². The fourth-order valence-electron chi connectivity index (χ4n) is 6.43. The van der Waals surface area contributed by atoms with Crippen molar-refractivity contribution in [1.29, 1.82) is 0 Å². The van der Waals surface area contributed by atoms with Gasteiger partial charge in [-0.15, -0.1) is 0 Å². The largest absolute Gasteiger partial charge is 0.515 e. The zero-order valence-corrected chi connectivity index (χ0v) is 25.4. The fraction of sp³-hybridized carbons (Fsp3) is 0.294. The van der Waals surface area contributed by atoms with Crippen LogP contribution in [0.5, 0.6) is 0 Å². The number of nitrogens with zero attached hydrogens (tertiary/aromatic N) is 3. The average molecular weight is 611 g/mol. The van der Waals surface area contributed by atoms with Gasteiger partial charge in [-0.25, -0.2) is 19.8 Å². The Bertz CT molecular complexity index is 1820. The highest BCUT2D eigenvalue weighted by atomic mass is 16.4. The minimum Gasteiger partial charge on any atom is -0.515 e. The first-order valence-electron chi connectivity index (χ1n) is 14.6. The average Bonchev–Trinajstić information content (AvgIpc) is 3.67. The Labute approximate surface area is 259 Å². The van der Waals surface area contributed by atoms with Gasteiger partial charge in [-0.2, -0.15) is 0 Å². The number of rotatable bonds is 8. The maximum absolute atomic E-state index is 12.7. The van der Waals surface area contributed by atoms with Gasteiger partial charge in [0.1, 0.15) is 0 Å². The van der Waals surface area contributed by atoms with Crippen LogP contribution in [0.4, 0.5) is 0 Å². The van der Waals surface area contributed by atoms with E-state index in [2.05, 4.69) is 11.9 Å². The molecule has 1 fully saturated rings. The molecule has 5 aliphatic rings. The first kappa shape index (κ1) is 31.1. The van der Waals surface area contributed by atoms with E-state index in [-0.39, 0.29) is 35.6 Å². The van der Waals surface area contributed by atoms with Crippen LogP contribution in [0, 0.1) is 11.8 Å². The van der Waals surface area contributed by atoms with Crippen LogP contribution in [0.3, 0.4) is 0 Å². The number of hydrogen-bond acceptors (Lipinski definition) is 8. The van der Waals surface area contributed by atoms with Gasteiger partial charge in [0.05, 0.1) is 52.5 Å². The van der Waals surface area contributed by atoms with Crippen molar-refractivity contribution in [2.45, 2.75) is 53.4 Å². The fourth-order valence-corrected chi connectivity index (χ4v) is 6.43. The van der Waals surface area contributed by atoms with Crippen molar-refractivity contribution in [1.82, 2.24) is 5.32 Å². The number of aliphatic hydroxyl groups excluding tert-OH is 1. The molecule has 2 atom stereocenters. The van der Waals surface area contributed by atoms with Crippen LogP contribution < -0.4 is 5.32 Å². The number of aliphatic hydroxyl groups is 1. The second kappa shape index (κ2) is 12.0. The normalized spacial score (nSPS) is 23.5. The van der Waals surface area contributed by atoms with Crippen LogP contribution in [0.1, 0.15) is 53.4 Å². The second-order valence-electron chi connectivity index (χ2n) is 11.3. The molecule has 5 heterocycles. The summed E-state index contributed by atoms with van der Waals surface area (Å²) in [6.45, 7) is 11.3. The highest BCUT2D eigenvalue weighted by Gasteiger charge is 2.39. The Morgan fingerprint density at radius 3 is 2.29 bits per heavy atom. The summed E-state index contributed by atoms with van der Waals surface area (Å²) in [5.74, 6) is -4.21. The zero-order valence-electron chi connectivity index (χ0n) is 25.4. The summed E-state index contributed by atoms with van der Waals surface area (Å²) in [6, 6.07) is 0. The van der Waals surface area contributed by atoms with Crippen LogP contribution in [-0.4, -0.2) is 55.5 Å². The van der Waals surface area contributed by atoms with Gasteiger partial charge < -0.3 is 25.7 Å². The molecule has 0 aliphatic carbocycles. The van der Waals surface area contributed by atoms with Crippen LogP contribution in [-0.2, 0) is 14.4 Å². The lowest BCUT2D eigenvalue weighted by atomic mass is 9.84. The van der Waals surface area contributed by atoms with Gasteiger partial charge >= 0.3 is 17.9 Å². The van der Waals surface area contributed by atoms with Crippen molar-refractivity contribution < 1.29 is 34.8 Å². The van der Waals surface area contributed by atoms with E-state index in [0.717, 1.165) is 17.4 Å². The molecule has 0 saturated carbocycles. The predicted molar refractivity (Wildman–Crippen MR) is 170 cm³/mol. The molecule has 11 nitrogen and oxygen atoms in total. The molecule has 0 radical (unpaired) electrons. The number of hydrogen-bond donors (Lipinski definition) is 5. The molecule has 232 valence electrons. The van der Waals surface area contributed by atoms with E-state index in [1.54, 1.807) is 25.2 Å². The molecule has 5 N–H and O–H groups in total. The third-order valence-corrected chi connectivity index (χ3v) is 8.78. The van der Waals surface area contributed by atoms with Gasteiger partial charge in [-0.1, -0.05) is 26.5 Å². The lowest BCUT2D eigenvalue weighted by Gasteiger charge is -2.18. The summed E-state index contributed by atoms with van der Waals surface area (Å²) < 4.78 is 0. The number of carboxylic acid groups (broad SMARTS) is 3. The van der Waals surface area contributed by atoms with Gasteiger partial charge in [0.15, 0.2) is 0 Å². The molecule has 0 spiro atoms. The number of fused-ring (bicyclic) bond motifs is 5. The topological polar surface area (TPSA) is 181 Å². The molecule has 5 rings (SSSR count). The van der Waals surface area contributed by atoms with E-state index in [1.165, 1.54) is 0 Å². The first-order chi connectivity index (χ1) is 21.4. The van der Waals surface area contributed by atoms with Crippen molar-refractivity contribution in [3.63, 3.8) is 0 Å². The van der Waals surface area contributed by atoms with Crippen molar-refractivity contribution in [3.8, 4) is 0 Å². The Morgan fingerprint density at radius 1 is 0.956 bits per heavy atom. The van der Waals surface area contributed by atoms with Crippen LogP contribution in [0.2, 0.25) is 0 Å². The van der Waals surface area contributed by atoms with Crippen molar-refractivity contribution in [2.75, 3.05) is 0 Å². The first-order valence-corrected chi connectivity index (χ1v) is 14.6. The van der Waals surface area contributed by atoms with Crippen molar-refractivity contribution in [3.05, 3.63) is 105 Å². The second-order valence-corrected chi connectivity index (χ2v) is 11.3. The summed E-state index contributed by atoms with van der Waals surface area (Å²) in [5.41, 5.74) is 6.73. The summed E-state index contributed by atoms with van der Waals surface area (Å²) >= 11 is 0. The molecule has 45 heavy (non-hydrogen) atoms. The zero-order chi connectivity index (χ0) is 32.7. The molecular weight excluding hydrogens is 576 g/mol. The van der Waals surface area contributed by atoms with Gasteiger partial charge in [0.25, 0.3) is 0 Å². The number of aliphatic carboxylic acids is 3. The van der Waals surface area contributed by atoms with E-state index in [0.29, 0.717) is 63.0 Å². The number of allylic oxidation sites excluding steroid dienone is 10. The van der Waals surface area contributed by atoms with Gasteiger partial charge in [0, 0.05) is 46.4 Å². The third kappa shape index (κ3) is 5.45. The highest BCUT2D eigenvalue weighted by molar-refractivity contribution is 6.30. The molecule has 0 aromatic carbocycles. The molecule has 11 heteroatoms. The quantitative estimate of drug-likeness (QED) is 0.224. The molecule has 0 aromatic heterocycles. The lowest BCUT2D eigenvalue weighted by Crippen LogP contribution is -2.22. The smallest absolute Gasteiger partial charge is 0.338 e. The Balaban J connectivity index is 1.88.